The predicted molar refractivity (Wildman–Crippen MR) is 50.3 cm³/mol. The van der Waals surface area contributed by atoms with Gasteiger partial charge in [-0.1, -0.05) is 0 Å². The first-order chi connectivity index (χ1) is 6.07. The molecule has 3 N–H and O–H groups in total. The fourth-order valence-corrected chi connectivity index (χ4v) is 1.30. The minimum absolute atomic E-state index is 0.0529. The molecular formula is C9H18N2O2. The van der Waals surface area contributed by atoms with Gasteiger partial charge in [-0.25, -0.2) is 0 Å². The molecule has 1 fully saturated rings. The van der Waals surface area contributed by atoms with E-state index in [1.165, 1.54) is 0 Å². The summed E-state index contributed by atoms with van der Waals surface area (Å²) >= 11 is 0. The number of nitrogens with one attached hydrogen (secondary N) is 2. The van der Waals surface area contributed by atoms with E-state index in [0.717, 1.165) is 19.3 Å². The Morgan fingerprint density at radius 3 is 2.62 bits per heavy atom. The van der Waals surface area contributed by atoms with Crippen LogP contribution in [-0.2, 0) is 4.79 Å². The molecule has 1 amide bonds. The Morgan fingerprint density at radius 2 is 2.23 bits per heavy atom. The summed E-state index contributed by atoms with van der Waals surface area (Å²) in [7, 11) is 1.74. The lowest BCUT2D eigenvalue weighted by atomic mass is 9.80. The molecule has 1 unspecified atom stereocenters. The Bertz CT molecular complexity index is 190. The van der Waals surface area contributed by atoms with Crippen LogP contribution >= 0.6 is 0 Å². The maximum Gasteiger partial charge on any atom is 0.236 e. The van der Waals surface area contributed by atoms with Crippen molar-refractivity contribution in [3.8, 4) is 0 Å². The average Bonchev–Trinajstić information content (AvgIpc) is 2.09. The Labute approximate surface area is 78.7 Å². The van der Waals surface area contributed by atoms with E-state index < -0.39 is 5.60 Å². The molecule has 4 heteroatoms. The molecule has 1 rings (SSSR count). The van der Waals surface area contributed by atoms with Crippen LogP contribution in [0.3, 0.4) is 0 Å². The van der Waals surface area contributed by atoms with Gasteiger partial charge in [-0.05, 0) is 33.2 Å². The molecule has 1 aliphatic carbocycles. The number of carbonyl (C=O) groups is 1. The first-order valence-electron chi connectivity index (χ1n) is 4.75. The van der Waals surface area contributed by atoms with Crippen molar-refractivity contribution in [3.63, 3.8) is 0 Å². The van der Waals surface area contributed by atoms with Crippen LogP contribution in [-0.4, -0.2) is 36.2 Å². The molecule has 0 heterocycles. The average molecular weight is 186 g/mol. The molecule has 0 radical (unpaired) electrons. The second-order valence-corrected chi connectivity index (χ2v) is 3.81. The molecule has 0 aromatic heterocycles. The fraction of sp³-hybridized carbons (Fsp3) is 0.889. The normalized spacial score (nSPS) is 21.8. The van der Waals surface area contributed by atoms with Crippen molar-refractivity contribution in [1.82, 2.24) is 10.6 Å². The summed E-state index contributed by atoms with van der Waals surface area (Å²) < 4.78 is 0. The second-order valence-electron chi connectivity index (χ2n) is 3.81. The van der Waals surface area contributed by atoms with Crippen molar-refractivity contribution < 1.29 is 9.90 Å². The Balaban J connectivity index is 2.21. The molecule has 0 aromatic carbocycles. The van der Waals surface area contributed by atoms with E-state index in [9.17, 15) is 9.90 Å². The number of amides is 1. The van der Waals surface area contributed by atoms with Crippen LogP contribution in [0, 0.1) is 0 Å². The zero-order valence-corrected chi connectivity index (χ0v) is 8.26. The zero-order chi connectivity index (χ0) is 9.90. The highest BCUT2D eigenvalue weighted by Gasteiger charge is 2.34. The van der Waals surface area contributed by atoms with Crippen LogP contribution in [0.25, 0.3) is 0 Å². The highest BCUT2D eigenvalue weighted by molar-refractivity contribution is 5.81. The van der Waals surface area contributed by atoms with Gasteiger partial charge in [0.25, 0.3) is 0 Å². The minimum atomic E-state index is -0.622. The summed E-state index contributed by atoms with van der Waals surface area (Å²) in [5.41, 5.74) is -0.622. The number of aliphatic hydroxyl groups is 1. The number of likely N-dealkylation sites (N-methyl/N-ethyl adjacent to an activating group) is 1. The summed E-state index contributed by atoms with van der Waals surface area (Å²) in [6.07, 6.45) is 2.68. The molecule has 1 saturated carbocycles. The molecule has 0 aliphatic heterocycles. The predicted octanol–water partition coefficient (Wildman–Crippen LogP) is -0.374. The lowest BCUT2D eigenvalue weighted by molar-refractivity contribution is -0.125. The van der Waals surface area contributed by atoms with Gasteiger partial charge in [-0.2, -0.15) is 0 Å². The highest BCUT2D eigenvalue weighted by atomic mass is 16.3. The summed E-state index contributed by atoms with van der Waals surface area (Å²) in [5.74, 6) is -0.0529. The molecule has 0 bridgehead atoms. The molecule has 1 aliphatic rings. The number of hydrogen-bond donors (Lipinski definition) is 3. The molecule has 1 atom stereocenters. The largest absolute Gasteiger partial charge is 0.388 e. The SMILES string of the molecule is CNC(C)C(=O)NCC1(O)CCC1. The first kappa shape index (κ1) is 10.5. The quantitative estimate of drug-likeness (QED) is 0.561. The molecule has 0 saturated heterocycles. The van der Waals surface area contributed by atoms with E-state index in [1.807, 2.05) is 0 Å². The topological polar surface area (TPSA) is 61.4 Å². The molecule has 4 nitrogen and oxygen atoms in total. The second kappa shape index (κ2) is 4.07. The van der Waals surface area contributed by atoms with Crippen LogP contribution in [0.15, 0.2) is 0 Å². The van der Waals surface area contributed by atoms with Gasteiger partial charge in [0.1, 0.15) is 0 Å². The lowest BCUT2D eigenvalue weighted by Gasteiger charge is -2.36. The van der Waals surface area contributed by atoms with Crippen molar-refractivity contribution in [1.29, 1.82) is 0 Å². The fourth-order valence-electron chi connectivity index (χ4n) is 1.30. The van der Waals surface area contributed by atoms with E-state index in [2.05, 4.69) is 10.6 Å². The summed E-state index contributed by atoms with van der Waals surface area (Å²) in [5, 5.41) is 15.2. The van der Waals surface area contributed by atoms with Crippen LogP contribution in [0.2, 0.25) is 0 Å². The third kappa shape index (κ3) is 2.67. The van der Waals surface area contributed by atoms with Gasteiger partial charge >= 0.3 is 0 Å². The number of rotatable bonds is 4. The van der Waals surface area contributed by atoms with Crippen molar-refractivity contribution in [3.05, 3.63) is 0 Å². The van der Waals surface area contributed by atoms with Gasteiger partial charge in [0.15, 0.2) is 0 Å². The number of hydrogen-bond acceptors (Lipinski definition) is 3. The Morgan fingerprint density at radius 1 is 1.62 bits per heavy atom. The van der Waals surface area contributed by atoms with Gasteiger partial charge in [0.2, 0.25) is 5.91 Å². The minimum Gasteiger partial charge on any atom is -0.388 e. The van der Waals surface area contributed by atoms with Gasteiger partial charge in [0.05, 0.1) is 11.6 Å². The van der Waals surface area contributed by atoms with E-state index in [0.29, 0.717) is 6.54 Å². The van der Waals surface area contributed by atoms with E-state index >= 15 is 0 Å². The third-order valence-corrected chi connectivity index (χ3v) is 2.70. The molecular weight excluding hydrogens is 168 g/mol. The lowest BCUT2D eigenvalue weighted by Crippen LogP contribution is -2.51. The first-order valence-corrected chi connectivity index (χ1v) is 4.75. The highest BCUT2D eigenvalue weighted by Crippen LogP contribution is 2.30. The van der Waals surface area contributed by atoms with Crippen LogP contribution in [0.4, 0.5) is 0 Å². The molecule has 13 heavy (non-hydrogen) atoms. The number of carbonyl (C=O) groups excluding carboxylic acids is 1. The summed E-state index contributed by atoms with van der Waals surface area (Å²) in [4.78, 5) is 11.3. The van der Waals surface area contributed by atoms with E-state index in [1.54, 1.807) is 14.0 Å². The smallest absolute Gasteiger partial charge is 0.236 e. The standard InChI is InChI=1S/C9H18N2O2/c1-7(10-2)8(12)11-6-9(13)4-3-5-9/h7,10,13H,3-6H2,1-2H3,(H,11,12). The third-order valence-electron chi connectivity index (χ3n) is 2.70. The maximum atomic E-state index is 11.3. The van der Waals surface area contributed by atoms with Crippen LogP contribution in [0.1, 0.15) is 26.2 Å². The van der Waals surface area contributed by atoms with Gasteiger partial charge in [0, 0.05) is 6.54 Å². The monoisotopic (exact) mass is 186 g/mol. The Kier molecular flexibility index (Phi) is 3.27. The molecule has 0 spiro atoms. The van der Waals surface area contributed by atoms with Crippen LogP contribution in [0.5, 0.6) is 0 Å². The van der Waals surface area contributed by atoms with Crippen molar-refractivity contribution in [2.75, 3.05) is 13.6 Å². The summed E-state index contributed by atoms with van der Waals surface area (Å²) in [6.45, 7) is 2.18. The van der Waals surface area contributed by atoms with Gasteiger partial charge < -0.3 is 15.7 Å². The summed E-state index contributed by atoms with van der Waals surface area (Å²) in [6, 6.07) is -0.191. The zero-order valence-electron chi connectivity index (χ0n) is 8.26. The van der Waals surface area contributed by atoms with Crippen LogP contribution < -0.4 is 10.6 Å². The van der Waals surface area contributed by atoms with Crippen molar-refractivity contribution in [2.45, 2.75) is 37.8 Å². The molecule has 76 valence electrons. The van der Waals surface area contributed by atoms with Crippen molar-refractivity contribution >= 4 is 5.91 Å². The van der Waals surface area contributed by atoms with E-state index in [4.69, 9.17) is 0 Å². The molecule has 0 aromatic rings. The van der Waals surface area contributed by atoms with Gasteiger partial charge in [-0.15, -0.1) is 0 Å². The maximum absolute atomic E-state index is 11.3. The Hall–Kier alpha value is -0.610. The van der Waals surface area contributed by atoms with Gasteiger partial charge in [-0.3, -0.25) is 4.79 Å². The van der Waals surface area contributed by atoms with Crippen molar-refractivity contribution in [2.24, 2.45) is 0 Å². The van der Waals surface area contributed by atoms with E-state index in [-0.39, 0.29) is 11.9 Å².